The maximum Gasteiger partial charge on any atom is 0.223 e. The third-order valence-corrected chi connectivity index (χ3v) is 9.71. The molecule has 2 N–H and O–H groups in total. The summed E-state index contributed by atoms with van der Waals surface area (Å²) < 4.78 is 0. The van der Waals surface area contributed by atoms with E-state index in [0.29, 0.717) is 29.7 Å². The second-order valence-corrected chi connectivity index (χ2v) is 12.5. The smallest absolute Gasteiger partial charge is 0.223 e. The van der Waals surface area contributed by atoms with Crippen LogP contribution in [0.4, 0.5) is 17.6 Å². The van der Waals surface area contributed by atoms with Crippen molar-refractivity contribution in [2.45, 2.75) is 76.8 Å². The van der Waals surface area contributed by atoms with E-state index in [2.05, 4.69) is 67.8 Å². The number of rotatable bonds is 5. The molecule has 2 aromatic rings. The predicted octanol–water partition coefficient (Wildman–Crippen LogP) is 4.05. The highest BCUT2D eigenvalue weighted by Crippen LogP contribution is 2.35. The number of anilines is 3. The van der Waals surface area contributed by atoms with E-state index in [1.165, 1.54) is 42.4 Å². The molecular formula is C31H45N7O. The van der Waals surface area contributed by atoms with Crippen molar-refractivity contribution >= 4 is 23.5 Å². The molecule has 1 amide bonds. The highest BCUT2D eigenvalue weighted by molar-refractivity contribution is 5.76. The minimum Gasteiger partial charge on any atom is -0.368 e. The van der Waals surface area contributed by atoms with E-state index in [-0.39, 0.29) is 0 Å². The van der Waals surface area contributed by atoms with Gasteiger partial charge in [-0.25, -0.2) is 0 Å². The number of amides is 1. The number of carbonyl (C=O) groups excluding carboxylic acids is 1. The van der Waals surface area contributed by atoms with Gasteiger partial charge >= 0.3 is 0 Å². The zero-order valence-corrected chi connectivity index (χ0v) is 23.8. The van der Waals surface area contributed by atoms with Crippen molar-refractivity contribution in [2.24, 2.45) is 5.92 Å². The summed E-state index contributed by atoms with van der Waals surface area (Å²) in [5, 5.41) is 0. The van der Waals surface area contributed by atoms with E-state index in [4.69, 9.17) is 5.73 Å². The van der Waals surface area contributed by atoms with E-state index in [9.17, 15) is 4.79 Å². The molecule has 0 radical (unpaired) electrons. The molecule has 0 spiro atoms. The zero-order valence-electron chi connectivity index (χ0n) is 23.8. The van der Waals surface area contributed by atoms with E-state index >= 15 is 0 Å². The second-order valence-electron chi connectivity index (χ2n) is 12.5. The molecule has 1 atom stereocenters. The van der Waals surface area contributed by atoms with Crippen LogP contribution in [0.15, 0.2) is 24.3 Å². The molecule has 3 aliphatic heterocycles. The normalized spacial score (nSPS) is 23.3. The predicted molar refractivity (Wildman–Crippen MR) is 157 cm³/mol. The quantitative estimate of drug-likeness (QED) is 0.623. The van der Waals surface area contributed by atoms with Crippen LogP contribution in [0.3, 0.4) is 0 Å². The van der Waals surface area contributed by atoms with E-state index in [1.54, 1.807) is 0 Å². The summed E-state index contributed by atoms with van der Waals surface area (Å²) in [6.07, 6.45) is 8.97. The first kappa shape index (κ1) is 26.4. The van der Waals surface area contributed by atoms with E-state index < -0.39 is 0 Å². The largest absolute Gasteiger partial charge is 0.368 e. The van der Waals surface area contributed by atoms with Crippen LogP contribution in [0.5, 0.6) is 0 Å². The number of aromatic nitrogens is 2. The molecular weight excluding hydrogens is 486 g/mol. The van der Waals surface area contributed by atoms with Gasteiger partial charge in [-0.15, -0.1) is 0 Å². The van der Waals surface area contributed by atoms with Crippen molar-refractivity contribution < 1.29 is 4.79 Å². The molecule has 3 fully saturated rings. The maximum absolute atomic E-state index is 12.8. The molecule has 1 aliphatic carbocycles. The minimum absolute atomic E-state index is 0.340. The van der Waals surface area contributed by atoms with Gasteiger partial charge in [0.25, 0.3) is 0 Å². The van der Waals surface area contributed by atoms with Gasteiger partial charge in [0.2, 0.25) is 11.9 Å². The standard InChI is InChI=1S/C31H45N7O/c1-22-17-25-7-8-26(24-9-11-37(12-10-24)30(39)18-23-5-3-4-6-23)19-27(25)21-38(22)29-20-28(33-31(32)34-29)36-15-13-35(2)14-16-36/h7-8,19-20,22-24H,3-6,9-18,21H2,1-2H3,(H2,32,33,34). The van der Waals surface area contributed by atoms with Gasteiger partial charge in [0, 0.05) is 64.3 Å². The summed E-state index contributed by atoms with van der Waals surface area (Å²) in [7, 11) is 2.16. The summed E-state index contributed by atoms with van der Waals surface area (Å²) in [5.41, 5.74) is 10.5. The van der Waals surface area contributed by atoms with Gasteiger partial charge in [0.05, 0.1) is 0 Å². The molecule has 1 aromatic heterocycles. The molecule has 210 valence electrons. The van der Waals surface area contributed by atoms with E-state index in [0.717, 1.165) is 83.1 Å². The Bertz CT molecular complexity index is 1160. The Kier molecular flexibility index (Phi) is 7.65. The fraction of sp³-hybridized carbons (Fsp3) is 0.645. The zero-order chi connectivity index (χ0) is 26.9. The number of hydrogen-bond donors (Lipinski definition) is 1. The fourth-order valence-corrected chi connectivity index (χ4v) is 7.16. The molecule has 4 aliphatic rings. The summed E-state index contributed by atoms with van der Waals surface area (Å²) in [4.78, 5) is 31.3. The van der Waals surface area contributed by atoms with Crippen molar-refractivity contribution in [3.63, 3.8) is 0 Å². The average Bonchev–Trinajstić information content (AvgIpc) is 3.45. The lowest BCUT2D eigenvalue weighted by Gasteiger charge is -2.38. The van der Waals surface area contributed by atoms with Crippen molar-refractivity contribution in [2.75, 3.05) is 61.8 Å². The Morgan fingerprint density at radius 3 is 2.38 bits per heavy atom. The molecule has 6 rings (SSSR count). The Morgan fingerprint density at radius 2 is 1.64 bits per heavy atom. The molecule has 1 aromatic carbocycles. The Balaban J connectivity index is 1.13. The number of piperazine rings is 1. The number of fused-ring (bicyclic) bond motifs is 1. The highest BCUT2D eigenvalue weighted by Gasteiger charge is 2.29. The molecule has 4 heterocycles. The Morgan fingerprint density at radius 1 is 0.923 bits per heavy atom. The number of benzene rings is 1. The first-order valence-electron chi connectivity index (χ1n) is 15.2. The third-order valence-electron chi connectivity index (χ3n) is 9.71. The SMILES string of the molecule is CC1Cc2ccc(C3CCN(C(=O)CC4CCCC4)CC3)cc2CN1c1cc(N2CCN(C)CC2)nc(N)n1. The van der Waals surface area contributed by atoms with Crippen LogP contribution >= 0.6 is 0 Å². The first-order chi connectivity index (χ1) is 18.9. The Hall–Kier alpha value is -2.87. The fourth-order valence-electron chi connectivity index (χ4n) is 7.16. The summed E-state index contributed by atoms with van der Waals surface area (Å²) in [6, 6.07) is 9.59. The number of carbonyl (C=O) groups is 1. The van der Waals surface area contributed by atoms with Gasteiger partial charge in [-0.05, 0) is 74.6 Å². The van der Waals surface area contributed by atoms with Crippen LogP contribution < -0.4 is 15.5 Å². The monoisotopic (exact) mass is 531 g/mol. The van der Waals surface area contributed by atoms with Crippen molar-refractivity contribution in [1.82, 2.24) is 19.8 Å². The molecule has 39 heavy (non-hydrogen) atoms. The number of nitrogen functional groups attached to an aromatic ring is 1. The first-order valence-corrected chi connectivity index (χ1v) is 15.2. The van der Waals surface area contributed by atoms with Crippen LogP contribution in [0.25, 0.3) is 0 Å². The number of hydrogen-bond acceptors (Lipinski definition) is 7. The van der Waals surface area contributed by atoms with Crippen LogP contribution in [0, 0.1) is 5.92 Å². The van der Waals surface area contributed by atoms with Gasteiger partial charge in [-0.3, -0.25) is 4.79 Å². The summed E-state index contributed by atoms with van der Waals surface area (Å²) >= 11 is 0. The van der Waals surface area contributed by atoms with Crippen LogP contribution in [0.1, 0.15) is 74.5 Å². The molecule has 2 saturated heterocycles. The third kappa shape index (κ3) is 5.86. The number of likely N-dealkylation sites (N-methyl/N-ethyl adjacent to an activating group) is 1. The van der Waals surface area contributed by atoms with Crippen LogP contribution in [0.2, 0.25) is 0 Å². The lowest BCUT2D eigenvalue weighted by Crippen LogP contribution is -2.45. The van der Waals surface area contributed by atoms with Crippen molar-refractivity contribution in [1.29, 1.82) is 0 Å². The van der Waals surface area contributed by atoms with Gasteiger partial charge in [-0.1, -0.05) is 31.0 Å². The summed E-state index contributed by atoms with van der Waals surface area (Å²) in [6.45, 7) is 8.88. The van der Waals surface area contributed by atoms with Gasteiger partial charge < -0.3 is 25.3 Å². The van der Waals surface area contributed by atoms with Crippen LogP contribution in [-0.4, -0.2) is 78.0 Å². The molecule has 0 bridgehead atoms. The average molecular weight is 532 g/mol. The van der Waals surface area contributed by atoms with Crippen LogP contribution in [-0.2, 0) is 17.8 Å². The lowest BCUT2D eigenvalue weighted by atomic mass is 9.85. The second kappa shape index (κ2) is 11.3. The van der Waals surface area contributed by atoms with Gasteiger partial charge in [-0.2, -0.15) is 9.97 Å². The highest BCUT2D eigenvalue weighted by atomic mass is 16.2. The Labute approximate surface area is 233 Å². The number of nitrogens with two attached hydrogens (primary N) is 1. The van der Waals surface area contributed by atoms with Crippen molar-refractivity contribution in [3.8, 4) is 0 Å². The molecule has 8 heteroatoms. The lowest BCUT2D eigenvalue weighted by molar-refractivity contribution is -0.133. The minimum atomic E-state index is 0.340. The number of piperidine rings is 1. The molecule has 1 unspecified atom stereocenters. The topological polar surface area (TPSA) is 81.8 Å². The molecule has 8 nitrogen and oxygen atoms in total. The number of likely N-dealkylation sites (tertiary alicyclic amines) is 1. The van der Waals surface area contributed by atoms with E-state index in [1.807, 2.05) is 0 Å². The number of nitrogens with zero attached hydrogens (tertiary/aromatic N) is 6. The molecule has 1 saturated carbocycles. The van der Waals surface area contributed by atoms with Gasteiger partial charge in [0.15, 0.2) is 0 Å². The van der Waals surface area contributed by atoms with Crippen molar-refractivity contribution in [3.05, 3.63) is 41.0 Å². The summed E-state index contributed by atoms with van der Waals surface area (Å²) in [5.74, 6) is 3.75. The van der Waals surface area contributed by atoms with Gasteiger partial charge in [0.1, 0.15) is 11.6 Å². The maximum atomic E-state index is 12.8.